The molecule has 2 aromatic carbocycles. The highest BCUT2D eigenvalue weighted by Crippen LogP contribution is 2.33. The van der Waals surface area contributed by atoms with Gasteiger partial charge in [0, 0.05) is 0 Å². The van der Waals surface area contributed by atoms with Gasteiger partial charge in [-0.2, -0.15) is 0 Å². The fraction of sp³-hybridized carbons (Fsp3) is 0.182. The van der Waals surface area contributed by atoms with Crippen LogP contribution >= 0.6 is 11.3 Å². The number of anilines is 1. The van der Waals surface area contributed by atoms with E-state index in [-0.39, 0.29) is 18.1 Å². The molecule has 4 nitrogen and oxygen atoms in total. The number of fused-ring (bicyclic) bond motifs is 1. The van der Waals surface area contributed by atoms with E-state index < -0.39 is 0 Å². The van der Waals surface area contributed by atoms with Crippen molar-refractivity contribution in [2.24, 2.45) is 0 Å². The molecule has 6 heteroatoms. The number of carbonyl (C=O) groups excluding carboxylic acids is 1. The third-order valence-electron chi connectivity index (χ3n) is 4.77. The summed E-state index contributed by atoms with van der Waals surface area (Å²) in [5.41, 5.74) is 3.95. The quantitative estimate of drug-likeness (QED) is 0.454. The van der Waals surface area contributed by atoms with Gasteiger partial charge in [-0.05, 0) is 60.9 Å². The Hall–Kier alpha value is -2.99. The van der Waals surface area contributed by atoms with E-state index in [0.29, 0.717) is 17.4 Å². The summed E-state index contributed by atoms with van der Waals surface area (Å²) in [4.78, 5) is 19.5. The number of aryl methyl sites for hydroxylation is 2. The van der Waals surface area contributed by atoms with Gasteiger partial charge in [0.15, 0.2) is 5.13 Å². The van der Waals surface area contributed by atoms with E-state index in [0.717, 1.165) is 21.3 Å². The molecule has 0 aliphatic heterocycles. The Kier molecular flexibility index (Phi) is 4.96. The lowest BCUT2D eigenvalue weighted by Gasteiger charge is -2.18. The van der Waals surface area contributed by atoms with Crippen molar-refractivity contribution >= 4 is 32.6 Å². The molecule has 2 heterocycles. The number of hydrogen-bond donors (Lipinski definition) is 0. The zero-order valence-corrected chi connectivity index (χ0v) is 16.4. The summed E-state index contributed by atoms with van der Waals surface area (Å²) in [7, 11) is 0. The summed E-state index contributed by atoms with van der Waals surface area (Å²) < 4.78 is 19.7. The van der Waals surface area contributed by atoms with E-state index in [1.54, 1.807) is 29.4 Å². The number of aromatic nitrogens is 1. The van der Waals surface area contributed by atoms with E-state index in [4.69, 9.17) is 9.40 Å². The van der Waals surface area contributed by atoms with Crippen LogP contribution in [0.3, 0.4) is 0 Å². The number of halogens is 1. The van der Waals surface area contributed by atoms with E-state index >= 15 is 0 Å². The maximum absolute atomic E-state index is 13.2. The first-order chi connectivity index (χ1) is 13.5. The molecule has 1 amide bonds. The third-order valence-corrected chi connectivity index (χ3v) is 5.81. The number of thiazole rings is 1. The van der Waals surface area contributed by atoms with Crippen LogP contribution in [0.15, 0.2) is 59.2 Å². The van der Waals surface area contributed by atoms with Crippen LogP contribution in [0.2, 0.25) is 0 Å². The highest BCUT2D eigenvalue weighted by Gasteiger charge is 2.22. The summed E-state index contributed by atoms with van der Waals surface area (Å²) in [5.74, 6) is 0.247. The van der Waals surface area contributed by atoms with Crippen molar-refractivity contribution in [3.8, 4) is 0 Å². The first-order valence-corrected chi connectivity index (χ1v) is 9.77. The summed E-state index contributed by atoms with van der Waals surface area (Å²) in [6.45, 7) is 4.39. The van der Waals surface area contributed by atoms with Gasteiger partial charge in [0.25, 0.3) is 0 Å². The van der Waals surface area contributed by atoms with Crippen LogP contribution in [0.1, 0.15) is 22.5 Å². The molecule has 28 heavy (non-hydrogen) atoms. The molecule has 0 spiro atoms. The second kappa shape index (κ2) is 7.56. The molecule has 0 saturated carbocycles. The topological polar surface area (TPSA) is 46.3 Å². The number of amides is 1. The van der Waals surface area contributed by atoms with Gasteiger partial charge in [-0.1, -0.05) is 29.5 Å². The van der Waals surface area contributed by atoms with Crippen molar-refractivity contribution in [2.45, 2.75) is 26.8 Å². The Morgan fingerprint density at radius 1 is 1.14 bits per heavy atom. The number of benzene rings is 2. The predicted octanol–water partition coefficient (Wildman–Crippen LogP) is 5.42. The Morgan fingerprint density at radius 3 is 2.64 bits per heavy atom. The lowest BCUT2D eigenvalue weighted by molar-refractivity contribution is -0.118. The normalized spacial score (nSPS) is 11.1. The van der Waals surface area contributed by atoms with Gasteiger partial charge in [0.1, 0.15) is 11.6 Å². The molecule has 0 saturated heterocycles. The molecule has 0 aliphatic rings. The summed E-state index contributed by atoms with van der Waals surface area (Å²) >= 11 is 1.48. The largest absolute Gasteiger partial charge is 0.467 e. The minimum Gasteiger partial charge on any atom is -0.467 e. The second-order valence-electron chi connectivity index (χ2n) is 6.71. The predicted molar refractivity (Wildman–Crippen MR) is 109 cm³/mol. The summed E-state index contributed by atoms with van der Waals surface area (Å²) in [5, 5.41) is 0.632. The minimum absolute atomic E-state index is 0.114. The van der Waals surface area contributed by atoms with Crippen LogP contribution < -0.4 is 4.90 Å². The molecular weight excluding hydrogens is 375 g/mol. The SMILES string of the molecule is Cc1ccc2sc(N(Cc3ccco3)C(=O)Cc3ccc(F)cc3)nc2c1C. The molecule has 142 valence electrons. The molecular formula is C22H19FN2O2S. The highest BCUT2D eigenvalue weighted by molar-refractivity contribution is 7.22. The Morgan fingerprint density at radius 2 is 1.93 bits per heavy atom. The molecule has 0 radical (unpaired) electrons. The molecule has 2 aromatic heterocycles. The van der Waals surface area contributed by atoms with Crippen molar-refractivity contribution in [1.82, 2.24) is 4.98 Å². The van der Waals surface area contributed by atoms with Crippen molar-refractivity contribution in [3.05, 3.63) is 83.1 Å². The van der Waals surface area contributed by atoms with Crippen molar-refractivity contribution in [3.63, 3.8) is 0 Å². The first kappa shape index (κ1) is 18.4. The van der Waals surface area contributed by atoms with Crippen LogP contribution in [-0.4, -0.2) is 10.9 Å². The van der Waals surface area contributed by atoms with Crippen molar-refractivity contribution in [1.29, 1.82) is 0 Å². The van der Waals surface area contributed by atoms with Gasteiger partial charge in [0.05, 0.1) is 29.4 Å². The Bertz CT molecular complexity index is 1120. The summed E-state index contributed by atoms with van der Waals surface area (Å²) in [6.07, 6.45) is 1.75. The number of rotatable bonds is 5. The Balaban J connectivity index is 1.69. The molecule has 0 unspecified atom stereocenters. The highest BCUT2D eigenvalue weighted by atomic mass is 32.1. The fourth-order valence-electron chi connectivity index (χ4n) is 3.02. The van der Waals surface area contributed by atoms with Crippen LogP contribution in [0.25, 0.3) is 10.2 Å². The summed E-state index contributed by atoms with van der Waals surface area (Å²) in [6, 6.07) is 13.7. The van der Waals surface area contributed by atoms with Gasteiger partial charge in [-0.25, -0.2) is 9.37 Å². The van der Waals surface area contributed by atoms with Gasteiger partial charge in [-0.3, -0.25) is 9.69 Å². The maximum Gasteiger partial charge on any atom is 0.233 e. The average molecular weight is 394 g/mol. The second-order valence-corrected chi connectivity index (χ2v) is 7.72. The van der Waals surface area contributed by atoms with Crippen LogP contribution in [0.4, 0.5) is 9.52 Å². The monoisotopic (exact) mass is 394 g/mol. The molecule has 0 fully saturated rings. The van der Waals surface area contributed by atoms with Crippen LogP contribution in [0, 0.1) is 19.7 Å². The van der Waals surface area contributed by atoms with Crippen molar-refractivity contribution in [2.75, 3.05) is 4.90 Å². The van der Waals surface area contributed by atoms with E-state index in [2.05, 4.69) is 6.07 Å². The first-order valence-electron chi connectivity index (χ1n) is 8.95. The smallest absolute Gasteiger partial charge is 0.233 e. The molecule has 0 aliphatic carbocycles. The van der Waals surface area contributed by atoms with Crippen LogP contribution in [-0.2, 0) is 17.8 Å². The molecule has 0 N–H and O–H groups in total. The average Bonchev–Trinajstić information content (AvgIpc) is 3.34. The number of nitrogens with zero attached hydrogens (tertiary/aromatic N) is 2. The number of carbonyl (C=O) groups is 1. The Labute approximate surface area is 166 Å². The van der Waals surface area contributed by atoms with Gasteiger partial charge < -0.3 is 4.42 Å². The molecule has 4 aromatic rings. The van der Waals surface area contributed by atoms with E-state index in [9.17, 15) is 9.18 Å². The minimum atomic E-state index is -0.319. The lowest BCUT2D eigenvalue weighted by atomic mass is 10.1. The standard InChI is InChI=1S/C22H19FN2O2S/c1-14-5-10-19-21(15(14)2)24-22(28-19)25(13-18-4-3-11-27-18)20(26)12-16-6-8-17(23)9-7-16/h3-11H,12-13H2,1-2H3. The van der Waals surface area contributed by atoms with Gasteiger partial charge >= 0.3 is 0 Å². The number of hydrogen-bond acceptors (Lipinski definition) is 4. The lowest BCUT2D eigenvalue weighted by Crippen LogP contribution is -2.31. The van der Waals surface area contributed by atoms with E-state index in [1.165, 1.54) is 29.0 Å². The van der Waals surface area contributed by atoms with Crippen molar-refractivity contribution < 1.29 is 13.6 Å². The zero-order valence-electron chi connectivity index (χ0n) is 15.6. The number of furan rings is 1. The van der Waals surface area contributed by atoms with Gasteiger partial charge in [0.2, 0.25) is 5.91 Å². The molecule has 0 bridgehead atoms. The van der Waals surface area contributed by atoms with Crippen LogP contribution in [0.5, 0.6) is 0 Å². The zero-order chi connectivity index (χ0) is 19.7. The molecule has 0 atom stereocenters. The third kappa shape index (κ3) is 3.68. The molecule has 4 rings (SSSR count). The van der Waals surface area contributed by atoms with E-state index in [1.807, 2.05) is 26.0 Å². The maximum atomic E-state index is 13.2. The van der Waals surface area contributed by atoms with Gasteiger partial charge in [-0.15, -0.1) is 0 Å². The fourth-order valence-corrected chi connectivity index (χ4v) is 4.06.